The average Bonchev–Trinajstić information content (AvgIpc) is 3.05. The van der Waals surface area contributed by atoms with Gasteiger partial charge in [0.2, 0.25) is 0 Å². The van der Waals surface area contributed by atoms with Crippen molar-refractivity contribution in [3.8, 4) is 0 Å². The fourth-order valence-electron chi connectivity index (χ4n) is 9.71. The lowest BCUT2D eigenvalue weighted by Gasteiger charge is -2.58. The molecule has 31 heavy (non-hydrogen) atoms. The standard InChI is InChI=1S/C30H52O/c1-19(2)24(20(3)4)10-8-21(5)26-12-13-27-25-11-9-22-18-23(31)14-16-29(22,6)28(25)15-17-30(26,27)7/h9,19-21,23-28,31H,8,10-18H2,1-7H3/t21?,23-,25-,26+,27-,28-,29-,30+/m0/s1. The quantitative estimate of drug-likeness (QED) is 0.422. The van der Waals surface area contributed by atoms with Crippen LogP contribution in [-0.2, 0) is 0 Å². The molecular weight excluding hydrogens is 376 g/mol. The Morgan fingerprint density at radius 3 is 2.29 bits per heavy atom. The number of hydrogen-bond donors (Lipinski definition) is 1. The first-order valence-corrected chi connectivity index (χ1v) is 14.0. The number of hydrogen-bond acceptors (Lipinski definition) is 1. The van der Waals surface area contributed by atoms with Gasteiger partial charge in [0.1, 0.15) is 0 Å². The van der Waals surface area contributed by atoms with Crippen LogP contribution in [0.25, 0.3) is 0 Å². The summed E-state index contributed by atoms with van der Waals surface area (Å²) in [5.41, 5.74) is 2.57. The van der Waals surface area contributed by atoms with Gasteiger partial charge < -0.3 is 5.11 Å². The Hall–Kier alpha value is -0.300. The van der Waals surface area contributed by atoms with E-state index in [1.807, 2.05) is 0 Å². The molecule has 0 aliphatic heterocycles. The largest absolute Gasteiger partial charge is 0.393 e. The second-order valence-corrected chi connectivity index (χ2v) is 13.6. The van der Waals surface area contributed by atoms with Crippen LogP contribution in [-0.4, -0.2) is 11.2 Å². The summed E-state index contributed by atoms with van der Waals surface area (Å²) in [7, 11) is 0. The average molecular weight is 429 g/mol. The van der Waals surface area contributed by atoms with Crippen molar-refractivity contribution in [2.24, 2.45) is 58.2 Å². The molecule has 0 amide bonds. The molecule has 4 rings (SSSR count). The van der Waals surface area contributed by atoms with Gasteiger partial charge in [0.15, 0.2) is 0 Å². The van der Waals surface area contributed by atoms with Crippen LogP contribution < -0.4 is 0 Å². The Morgan fingerprint density at radius 1 is 0.903 bits per heavy atom. The van der Waals surface area contributed by atoms with Gasteiger partial charge in [-0.2, -0.15) is 0 Å². The lowest BCUT2D eigenvalue weighted by molar-refractivity contribution is -0.0576. The third-order valence-corrected chi connectivity index (χ3v) is 11.5. The van der Waals surface area contributed by atoms with Crippen LogP contribution in [0.4, 0.5) is 0 Å². The molecule has 1 heteroatoms. The molecule has 0 aromatic carbocycles. The minimum atomic E-state index is -0.0815. The normalized spacial score (nSPS) is 43.6. The first-order valence-electron chi connectivity index (χ1n) is 14.0. The molecule has 1 unspecified atom stereocenters. The van der Waals surface area contributed by atoms with Gasteiger partial charge in [-0.05, 0) is 116 Å². The molecule has 0 saturated heterocycles. The predicted octanol–water partition coefficient (Wildman–Crippen LogP) is 8.27. The summed E-state index contributed by atoms with van der Waals surface area (Å²) in [5, 5.41) is 10.3. The molecule has 3 saturated carbocycles. The van der Waals surface area contributed by atoms with Crippen molar-refractivity contribution >= 4 is 0 Å². The Labute approximate surface area is 193 Å². The van der Waals surface area contributed by atoms with E-state index in [2.05, 4.69) is 54.5 Å². The lowest BCUT2D eigenvalue weighted by Crippen LogP contribution is -2.50. The second-order valence-electron chi connectivity index (χ2n) is 13.6. The number of aliphatic hydroxyl groups excluding tert-OH is 1. The summed E-state index contributed by atoms with van der Waals surface area (Å²) < 4.78 is 0. The van der Waals surface area contributed by atoms with Crippen LogP contribution in [0.2, 0.25) is 0 Å². The van der Waals surface area contributed by atoms with Crippen LogP contribution in [0.15, 0.2) is 11.6 Å². The Kier molecular flexibility index (Phi) is 6.78. The van der Waals surface area contributed by atoms with Gasteiger partial charge in [-0.3, -0.25) is 0 Å². The molecule has 0 aromatic heterocycles. The van der Waals surface area contributed by atoms with E-state index in [1.165, 1.54) is 51.4 Å². The Morgan fingerprint density at radius 2 is 1.61 bits per heavy atom. The third kappa shape index (κ3) is 4.08. The van der Waals surface area contributed by atoms with Crippen molar-refractivity contribution in [1.29, 1.82) is 0 Å². The number of rotatable bonds is 6. The highest BCUT2D eigenvalue weighted by atomic mass is 16.3. The smallest absolute Gasteiger partial charge is 0.0577 e. The summed E-state index contributed by atoms with van der Waals surface area (Å²) >= 11 is 0. The minimum Gasteiger partial charge on any atom is -0.393 e. The molecular formula is C30H52O. The fraction of sp³-hybridized carbons (Fsp3) is 0.933. The van der Waals surface area contributed by atoms with Gasteiger partial charge in [0, 0.05) is 0 Å². The van der Waals surface area contributed by atoms with Crippen molar-refractivity contribution in [1.82, 2.24) is 0 Å². The Bertz CT molecular complexity index is 653. The topological polar surface area (TPSA) is 20.2 Å². The molecule has 1 N–H and O–H groups in total. The van der Waals surface area contributed by atoms with Crippen LogP contribution in [0.3, 0.4) is 0 Å². The monoisotopic (exact) mass is 428 g/mol. The zero-order valence-corrected chi connectivity index (χ0v) is 21.8. The maximum Gasteiger partial charge on any atom is 0.0577 e. The van der Waals surface area contributed by atoms with Crippen LogP contribution in [0, 0.1) is 58.2 Å². The predicted molar refractivity (Wildman–Crippen MR) is 133 cm³/mol. The Balaban J connectivity index is 1.47. The molecule has 0 spiro atoms. The summed E-state index contributed by atoms with van der Waals surface area (Å²) in [6.45, 7) is 17.6. The van der Waals surface area contributed by atoms with E-state index in [0.717, 1.165) is 60.2 Å². The molecule has 0 aromatic rings. The highest BCUT2D eigenvalue weighted by Crippen LogP contribution is 2.67. The fourth-order valence-corrected chi connectivity index (χ4v) is 9.71. The van der Waals surface area contributed by atoms with E-state index >= 15 is 0 Å². The lowest BCUT2D eigenvalue weighted by atomic mass is 9.47. The van der Waals surface area contributed by atoms with Gasteiger partial charge in [-0.1, -0.05) is 66.5 Å². The van der Waals surface area contributed by atoms with E-state index in [9.17, 15) is 5.11 Å². The number of fused-ring (bicyclic) bond motifs is 5. The van der Waals surface area contributed by atoms with E-state index in [1.54, 1.807) is 5.57 Å². The first kappa shape index (κ1) is 23.8. The number of allylic oxidation sites excluding steroid dienone is 1. The molecule has 0 bridgehead atoms. The van der Waals surface area contributed by atoms with Crippen molar-refractivity contribution in [2.75, 3.05) is 0 Å². The highest BCUT2D eigenvalue weighted by Gasteiger charge is 2.59. The highest BCUT2D eigenvalue weighted by molar-refractivity contribution is 5.25. The maximum absolute atomic E-state index is 10.3. The summed E-state index contributed by atoms with van der Waals surface area (Å²) in [5.74, 6) is 7.03. The molecule has 4 aliphatic carbocycles. The maximum atomic E-state index is 10.3. The second kappa shape index (κ2) is 8.81. The molecule has 178 valence electrons. The summed E-state index contributed by atoms with van der Waals surface area (Å²) in [4.78, 5) is 0. The zero-order valence-electron chi connectivity index (χ0n) is 21.8. The zero-order chi connectivity index (χ0) is 22.6. The van der Waals surface area contributed by atoms with Crippen molar-refractivity contribution in [3.05, 3.63) is 11.6 Å². The van der Waals surface area contributed by atoms with E-state index in [-0.39, 0.29) is 6.10 Å². The first-order chi connectivity index (χ1) is 14.6. The molecule has 3 fully saturated rings. The third-order valence-electron chi connectivity index (χ3n) is 11.5. The van der Waals surface area contributed by atoms with Crippen LogP contribution in [0.5, 0.6) is 0 Å². The molecule has 1 nitrogen and oxygen atoms in total. The SMILES string of the molecule is CC(C)C(CCC(C)[C@H]1CC[C@H]2[C@@H]3CC=C4C[C@@H](O)CC[C@]4(C)[C@H]3CC[C@]12C)C(C)C. The summed E-state index contributed by atoms with van der Waals surface area (Å²) in [6.07, 6.45) is 15.7. The van der Waals surface area contributed by atoms with Crippen molar-refractivity contribution in [3.63, 3.8) is 0 Å². The van der Waals surface area contributed by atoms with Gasteiger partial charge >= 0.3 is 0 Å². The van der Waals surface area contributed by atoms with Gasteiger partial charge in [0.25, 0.3) is 0 Å². The van der Waals surface area contributed by atoms with Crippen molar-refractivity contribution < 1.29 is 5.11 Å². The summed E-state index contributed by atoms with van der Waals surface area (Å²) in [6, 6.07) is 0. The van der Waals surface area contributed by atoms with E-state index < -0.39 is 0 Å². The van der Waals surface area contributed by atoms with Crippen molar-refractivity contribution in [2.45, 2.75) is 119 Å². The number of aliphatic hydroxyl groups is 1. The van der Waals surface area contributed by atoms with E-state index in [0.29, 0.717) is 10.8 Å². The van der Waals surface area contributed by atoms with Crippen LogP contribution in [0.1, 0.15) is 113 Å². The van der Waals surface area contributed by atoms with Crippen LogP contribution >= 0.6 is 0 Å². The van der Waals surface area contributed by atoms with Gasteiger partial charge in [-0.15, -0.1) is 0 Å². The van der Waals surface area contributed by atoms with Gasteiger partial charge in [-0.25, -0.2) is 0 Å². The molecule has 4 aliphatic rings. The van der Waals surface area contributed by atoms with Gasteiger partial charge in [0.05, 0.1) is 6.10 Å². The van der Waals surface area contributed by atoms with E-state index in [4.69, 9.17) is 0 Å². The molecule has 0 radical (unpaired) electrons. The molecule has 0 heterocycles. The molecule has 8 atom stereocenters. The minimum absolute atomic E-state index is 0.0815.